The van der Waals surface area contributed by atoms with Crippen molar-refractivity contribution in [2.24, 2.45) is 0 Å². The lowest BCUT2D eigenvalue weighted by atomic mass is 10.0. The van der Waals surface area contributed by atoms with Crippen LogP contribution in [0.25, 0.3) is 117 Å². The number of ether oxygens (including phenoxy) is 4. The third-order valence-electron chi connectivity index (χ3n) is 23.7. The summed E-state index contributed by atoms with van der Waals surface area (Å²) in [4.78, 5) is 36.6. The zero-order chi connectivity index (χ0) is 93.9. The maximum absolute atomic E-state index is 11.3. The molecule has 2 heterocycles. The van der Waals surface area contributed by atoms with Crippen LogP contribution in [0.5, 0.6) is 23.0 Å². The molecule has 0 bridgehead atoms. The lowest BCUT2D eigenvalue weighted by Crippen LogP contribution is -2.09. The van der Waals surface area contributed by atoms with Crippen molar-refractivity contribution in [3.8, 4) is 125 Å². The second kappa shape index (κ2) is 49.0. The van der Waals surface area contributed by atoms with Crippen molar-refractivity contribution in [2.45, 2.75) is 137 Å². The lowest BCUT2D eigenvalue weighted by molar-refractivity contribution is -0.136. The monoisotopic (exact) mass is 1790 g/mol. The molecule has 15 heteroatoms. The Bertz CT molecular complexity index is 6400. The largest absolute Gasteiger partial charge is 0.494 e. The van der Waals surface area contributed by atoms with Gasteiger partial charge in [-0.15, -0.1) is 0 Å². The standard InChI is InChI=1S/C60H56N2O5.C57H55NO4.C3H3NO2.H2/c1-3-5-7-9-37-65-56-33-23-48(24-34-56)46-19-29-54(30-20-46)62(55-31-21-47(22-32-55)49-25-35-57(36-26-49)66-38-10-8-6-4-2)53-27-17-45(18-28-53)44-13-15-50(16-14-44)59-41-51-12-11-43(40-58(51)67-59)39-52(42-61)60(63)64;1-3-5-7-9-37-60-54-33-23-47(24-34-54)45-19-29-52(30-20-45)58(53-31-21-46(22-32-53)48-25-35-55(36-26-48)61-38-10-8-6-4-2)51-27-17-44(18-28-51)43-13-15-49(16-14-43)57-40-50-12-11-42(41-59)39-56(50)62-57;4-2-1-3(5)6;/h11-36,39-41H,3-10,37-38H2,1-2H3,(H,63,64);11-36,39-41H,3-10,37-38H2,1-2H3;1H2,(H,5,6);1H/b52-39-;;;. The van der Waals surface area contributed by atoms with Crippen LogP contribution in [-0.4, -0.2) is 54.9 Å². The minimum atomic E-state index is -1.26. The van der Waals surface area contributed by atoms with Crippen LogP contribution in [0.15, 0.2) is 354 Å². The average Bonchev–Trinajstić information content (AvgIpc) is 1.05. The molecular weight excluding hydrogens is 1670 g/mol. The first-order chi connectivity index (χ1) is 66.2. The van der Waals surface area contributed by atoms with Gasteiger partial charge in [0.2, 0.25) is 0 Å². The summed E-state index contributed by atoms with van der Waals surface area (Å²) < 4.78 is 36.3. The number of nitrogens with zero attached hydrogens (tertiary/aromatic N) is 4. The van der Waals surface area contributed by atoms with Gasteiger partial charge in [0.25, 0.3) is 0 Å². The highest BCUT2D eigenvalue weighted by Crippen LogP contribution is 2.43. The molecule has 2 N–H and O–H groups in total. The van der Waals surface area contributed by atoms with Crippen molar-refractivity contribution in [2.75, 3.05) is 36.2 Å². The predicted octanol–water partition coefficient (Wildman–Crippen LogP) is 33.0. The summed E-state index contributed by atoms with van der Waals surface area (Å²) in [7, 11) is 0. The van der Waals surface area contributed by atoms with Crippen LogP contribution in [-0.2, 0) is 9.59 Å². The molecule has 0 fully saturated rings. The van der Waals surface area contributed by atoms with Gasteiger partial charge in [0.1, 0.15) is 70.0 Å². The fourth-order valence-electron chi connectivity index (χ4n) is 16.1. The van der Waals surface area contributed by atoms with Crippen LogP contribution in [0.1, 0.15) is 154 Å². The highest BCUT2D eigenvalue weighted by molar-refractivity contribution is 5.97. The number of benzene rings is 14. The summed E-state index contributed by atoms with van der Waals surface area (Å²) >= 11 is 0. The number of aldehydes is 1. The zero-order valence-corrected chi connectivity index (χ0v) is 77.2. The van der Waals surface area contributed by atoms with Crippen LogP contribution >= 0.6 is 0 Å². The Labute approximate surface area is 793 Å². The molecule has 0 aliphatic carbocycles. The molecule has 0 radical (unpaired) electrons. The van der Waals surface area contributed by atoms with Crippen molar-refractivity contribution < 1.29 is 53.8 Å². The SMILES string of the molecule is CCCCCCOc1ccc(-c2ccc(N(c3ccc(-c4ccc(OCCCCCC)cc4)cc3)c3ccc(-c4ccc(-c5cc6ccc(/C=C(/C#N)C(=O)O)cc6o5)cc4)cc3)cc2)cc1.CCCCCCOc1ccc(-c2ccc(N(c3ccc(-c4ccc(OCCCCCC)cc4)cc3)c3ccc(-c4ccc(-c5cc6ccc(C=O)cc6o5)cc4)cc3)cc2)cc1.N#CCC(=O)O.[HH]. The third kappa shape index (κ3) is 26.6. The number of furan rings is 2. The van der Waals surface area contributed by atoms with Crippen molar-refractivity contribution in [3.63, 3.8) is 0 Å². The van der Waals surface area contributed by atoms with Gasteiger partial charge in [0.15, 0.2) is 0 Å². The second-order valence-corrected chi connectivity index (χ2v) is 33.5. The molecule has 16 rings (SSSR count). The predicted molar refractivity (Wildman–Crippen MR) is 550 cm³/mol. The minimum absolute atomic E-state index is 0. The quantitative estimate of drug-likeness (QED) is 0.0158. The number of rotatable bonds is 42. The number of carbonyl (C=O) groups is 3. The van der Waals surface area contributed by atoms with E-state index >= 15 is 0 Å². The Kier molecular flexibility index (Phi) is 34.6. The molecule has 0 amide bonds. The number of carbonyl (C=O) groups excluding carboxylic acids is 1. The number of carboxylic acids is 2. The number of hydrogen-bond donors (Lipinski definition) is 2. The summed E-state index contributed by atoms with van der Waals surface area (Å²) in [6.07, 6.45) is 20.8. The van der Waals surface area contributed by atoms with Crippen molar-refractivity contribution in [1.29, 1.82) is 10.5 Å². The van der Waals surface area contributed by atoms with E-state index in [1.165, 1.54) is 89.2 Å². The number of nitriles is 2. The smallest absolute Gasteiger partial charge is 0.346 e. The first-order valence-electron chi connectivity index (χ1n) is 47.1. The molecule has 14 aromatic carbocycles. The Morgan fingerprint density at radius 3 is 0.770 bits per heavy atom. The molecule has 135 heavy (non-hydrogen) atoms. The first-order valence-corrected chi connectivity index (χ1v) is 47.1. The van der Waals surface area contributed by atoms with E-state index in [0.717, 1.165) is 210 Å². The summed E-state index contributed by atoms with van der Waals surface area (Å²) in [6.45, 7) is 11.9. The Balaban J connectivity index is 0.000000216. The van der Waals surface area contributed by atoms with E-state index in [4.69, 9.17) is 38.2 Å². The van der Waals surface area contributed by atoms with Crippen LogP contribution in [0, 0.1) is 22.7 Å². The van der Waals surface area contributed by atoms with Gasteiger partial charge in [-0.05, 0) is 250 Å². The Hall–Kier alpha value is -15.7. The van der Waals surface area contributed by atoms with Gasteiger partial charge in [-0.2, -0.15) is 10.5 Å². The number of carboxylic acid groups (broad SMARTS) is 2. The van der Waals surface area contributed by atoms with E-state index in [-0.39, 0.29) is 7.00 Å². The fraction of sp³-hybridized carbons (Fsp3) is 0.208. The van der Waals surface area contributed by atoms with Crippen LogP contribution in [0.2, 0.25) is 0 Å². The van der Waals surface area contributed by atoms with E-state index < -0.39 is 18.4 Å². The number of aliphatic carboxylic acids is 2. The highest BCUT2D eigenvalue weighted by Gasteiger charge is 2.20. The zero-order valence-electron chi connectivity index (χ0n) is 77.2. The van der Waals surface area contributed by atoms with Crippen LogP contribution < -0.4 is 28.7 Å². The molecule has 0 unspecified atom stereocenters. The topological polar surface area (TPSA) is 209 Å². The Morgan fingerprint density at radius 2 is 0.548 bits per heavy atom. The maximum atomic E-state index is 11.3. The van der Waals surface area contributed by atoms with E-state index in [2.05, 4.69) is 317 Å². The molecule has 2 aromatic heterocycles. The number of hydrogen-bond acceptors (Lipinski definition) is 13. The number of fused-ring (bicyclic) bond motifs is 2. The summed E-state index contributed by atoms with van der Waals surface area (Å²) in [5.41, 5.74) is 23.9. The molecule has 0 atom stereocenters. The summed E-state index contributed by atoms with van der Waals surface area (Å²) in [5, 5.41) is 35.6. The summed E-state index contributed by atoms with van der Waals surface area (Å²) in [6, 6.07) is 121. The first kappa shape index (κ1) is 95.4. The molecule has 0 spiro atoms. The van der Waals surface area contributed by atoms with Gasteiger partial charge >= 0.3 is 11.9 Å². The van der Waals surface area contributed by atoms with Gasteiger partial charge in [0, 0.05) is 63.0 Å². The van der Waals surface area contributed by atoms with E-state index in [1.54, 1.807) is 24.3 Å². The average molecular weight is 1790 g/mol. The molecule has 0 aliphatic heterocycles. The number of anilines is 6. The van der Waals surface area contributed by atoms with Crippen LogP contribution in [0.3, 0.4) is 0 Å². The number of unbranched alkanes of at least 4 members (excludes halogenated alkanes) is 12. The molecule has 15 nitrogen and oxygen atoms in total. The van der Waals surface area contributed by atoms with Gasteiger partial charge < -0.3 is 47.8 Å². The van der Waals surface area contributed by atoms with Gasteiger partial charge in [-0.3, -0.25) is 9.59 Å². The molecule has 0 saturated carbocycles. The minimum Gasteiger partial charge on any atom is -0.494 e. The molecule has 0 saturated heterocycles. The highest BCUT2D eigenvalue weighted by atomic mass is 16.5. The van der Waals surface area contributed by atoms with E-state index in [1.807, 2.05) is 42.5 Å². The Morgan fingerprint density at radius 1 is 0.311 bits per heavy atom. The fourth-order valence-corrected chi connectivity index (χ4v) is 16.1. The van der Waals surface area contributed by atoms with Gasteiger partial charge in [0.05, 0.1) is 32.5 Å². The molecule has 0 aliphatic rings. The van der Waals surface area contributed by atoms with Crippen molar-refractivity contribution in [1.82, 2.24) is 0 Å². The summed E-state index contributed by atoms with van der Waals surface area (Å²) in [5.74, 6) is 2.77. The maximum Gasteiger partial charge on any atom is 0.346 e. The molecule has 16 aromatic rings. The van der Waals surface area contributed by atoms with E-state index in [9.17, 15) is 24.8 Å². The van der Waals surface area contributed by atoms with Gasteiger partial charge in [-0.25, -0.2) is 4.79 Å². The molecular formula is C120H116N4O11. The second-order valence-electron chi connectivity index (χ2n) is 33.5. The normalized spacial score (nSPS) is 11.0. The lowest BCUT2D eigenvalue weighted by Gasteiger charge is -2.26. The van der Waals surface area contributed by atoms with Crippen molar-refractivity contribution >= 4 is 80.4 Å². The van der Waals surface area contributed by atoms with Crippen molar-refractivity contribution in [3.05, 3.63) is 356 Å². The van der Waals surface area contributed by atoms with Crippen LogP contribution in [0.4, 0.5) is 34.1 Å². The third-order valence-corrected chi connectivity index (χ3v) is 23.7. The van der Waals surface area contributed by atoms with Gasteiger partial charge in [-0.1, -0.05) is 299 Å². The molecule has 682 valence electrons. The van der Waals surface area contributed by atoms with E-state index in [0.29, 0.717) is 28.1 Å².